The van der Waals surface area contributed by atoms with Gasteiger partial charge in [0, 0.05) is 34.0 Å². The van der Waals surface area contributed by atoms with E-state index in [1.807, 2.05) is 0 Å². The van der Waals surface area contributed by atoms with Gasteiger partial charge in [-0.25, -0.2) is 0 Å². The Labute approximate surface area is 227 Å². The minimum Gasteiger partial charge on any atom is -0.377 e. The first-order valence-electron chi connectivity index (χ1n) is 13.7. The number of para-hydroxylation sites is 4. The lowest BCUT2D eigenvalue weighted by molar-refractivity contribution is 1.26. The van der Waals surface area contributed by atoms with Crippen molar-refractivity contribution in [3.63, 3.8) is 0 Å². The Morgan fingerprint density at radius 2 is 1.39 bits per heavy atom. The quantitative estimate of drug-likeness (QED) is 0.291. The number of rotatable bonds is 0. The van der Waals surface area contributed by atoms with E-state index in [-0.39, 0.29) is 6.85 Å². The highest BCUT2D eigenvalue weighted by atomic mass is 28.3. The second kappa shape index (κ2) is 6.98. The van der Waals surface area contributed by atoms with E-state index in [0.29, 0.717) is 0 Å². The predicted octanol–water partition coefficient (Wildman–Crippen LogP) is 3.27. The summed E-state index contributed by atoms with van der Waals surface area (Å²) in [6.45, 7) is 7.51. The van der Waals surface area contributed by atoms with Crippen LogP contribution in [0.1, 0.15) is 5.56 Å². The normalized spacial score (nSPS) is 16.9. The highest BCUT2D eigenvalue weighted by Gasteiger charge is 2.50. The predicted molar refractivity (Wildman–Crippen MR) is 169 cm³/mol. The number of aryl methyl sites for hydroxylation is 1. The van der Waals surface area contributed by atoms with Crippen molar-refractivity contribution in [2.24, 2.45) is 0 Å². The summed E-state index contributed by atoms with van der Waals surface area (Å²) in [5.74, 6) is 0. The molecule has 0 saturated carbocycles. The fourth-order valence-electron chi connectivity index (χ4n) is 7.87. The summed E-state index contributed by atoms with van der Waals surface area (Å²) in [4.78, 5) is 5.35. The molecule has 5 aromatic rings. The highest BCUT2D eigenvalue weighted by molar-refractivity contribution is 7.04. The smallest absolute Gasteiger partial charge is 0.333 e. The van der Waals surface area contributed by atoms with Gasteiger partial charge in [0.2, 0.25) is 0 Å². The molecule has 4 aliphatic heterocycles. The molecule has 38 heavy (non-hydrogen) atoms. The van der Waals surface area contributed by atoms with Crippen LogP contribution in [0.4, 0.5) is 28.4 Å². The van der Waals surface area contributed by atoms with Crippen LogP contribution in [0.2, 0.25) is 13.1 Å². The maximum Gasteiger partial charge on any atom is 0.333 e. The molecule has 0 fully saturated rings. The maximum atomic E-state index is 2.72. The van der Waals surface area contributed by atoms with E-state index >= 15 is 0 Å². The van der Waals surface area contributed by atoms with Crippen LogP contribution in [0, 0.1) is 6.92 Å². The van der Waals surface area contributed by atoms with Crippen LogP contribution < -0.4 is 41.4 Å². The SMILES string of the molecule is Cc1cc2c3c(c1)N1c4ccccc4[Si](C)(C)c4cccc(c41)B3N1c3ccccc3[SiH2]c3cccc-2c31. The molecule has 0 saturated heterocycles. The molecule has 5 heteroatoms. The molecule has 0 atom stereocenters. The molecule has 0 radical (unpaired) electrons. The molecule has 0 unspecified atom stereocenters. The van der Waals surface area contributed by atoms with E-state index in [9.17, 15) is 0 Å². The molecule has 4 heterocycles. The molecule has 0 aromatic heterocycles. The Bertz CT molecular complexity index is 1880. The van der Waals surface area contributed by atoms with Crippen LogP contribution in [0.5, 0.6) is 0 Å². The third-order valence-corrected chi connectivity index (χ3v) is 14.9. The van der Waals surface area contributed by atoms with E-state index < -0.39 is 17.6 Å². The lowest BCUT2D eigenvalue weighted by Gasteiger charge is -2.51. The molecule has 4 aliphatic rings. The van der Waals surface area contributed by atoms with Crippen molar-refractivity contribution in [3.05, 3.63) is 103 Å². The van der Waals surface area contributed by atoms with Gasteiger partial charge in [0.1, 0.15) is 8.07 Å². The Balaban J connectivity index is 1.47. The molecule has 0 bridgehead atoms. The van der Waals surface area contributed by atoms with Crippen molar-refractivity contribution in [2.75, 3.05) is 9.71 Å². The van der Waals surface area contributed by atoms with Crippen LogP contribution in [-0.4, -0.2) is 24.4 Å². The van der Waals surface area contributed by atoms with E-state index in [0.717, 1.165) is 0 Å². The van der Waals surface area contributed by atoms with Crippen molar-refractivity contribution in [3.8, 4) is 11.1 Å². The van der Waals surface area contributed by atoms with Gasteiger partial charge in [-0.2, -0.15) is 0 Å². The zero-order valence-electron chi connectivity index (χ0n) is 21.9. The summed E-state index contributed by atoms with van der Waals surface area (Å²) < 4.78 is 0. The number of benzene rings is 5. The average molecular weight is 519 g/mol. The molecule has 9 rings (SSSR count). The Kier molecular flexibility index (Phi) is 3.89. The average Bonchev–Trinajstić information content (AvgIpc) is 2.93. The summed E-state index contributed by atoms with van der Waals surface area (Å²) in [7, 11) is -2.43. The Hall–Kier alpha value is -3.80. The zero-order chi connectivity index (χ0) is 25.3. The molecule has 0 aliphatic carbocycles. The van der Waals surface area contributed by atoms with Crippen LogP contribution in [0.25, 0.3) is 11.1 Å². The minimum atomic E-state index is -1.89. The first-order valence-corrected chi connectivity index (χ1v) is 18.1. The van der Waals surface area contributed by atoms with Crippen molar-refractivity contribution in [1.82, 2.24) is 0 Å². The maximum absolute atomic E-state index is 2.72. The molecule has 180 valence electrons. The van der Waals surface area contributed by atoms with E-state index in [4.69, 9.17) is 0 Å². The summed E-state index contributed by atoms with van der Waals surface area (Å²) in [6.07, 6.45) is 0. The van der Waals surface area contributed by atoms with E-state index in [1.54, 1.807) is 15.6 Å². The molecular formula is C33H27BN2Si2. The topological polar surface area (TPSA) is 6.48 Å². The molecule has 2 nitrogen and oxygen atoms in total. The number of hydrogen-bond acceptors (Lipinski definition) is 2. The lowest BCUT2D eigenvalue weighted by Crippen LogP contribution is -2.69. The fraction of sp³-hybridized carbons (Fsp3) is 0.0909. The van der Waals surface area contributed by atoms with Crippen LogP contribution in [-0.2, 0) is 0 Å². The van der Waals surface area contributed by atoms with Crippen LogP contribution >= 0.6 is 0 Å². The standard InChI is InChI=1S/C33H27BN2Si2/c1-20-18-22-21-10-8-15-28-32(21)36(24-12-4-6-14-27(24)37-28)34-23-11-9-17-30-33(23)35(26(19-20)31(22)34)25-13-5-7-16-29(25)38(30,2)3/h4-19H,37H2,1-3H3. The number of hydrogen-bond donors (Lipinski definition) is 0. The molecule has 0 amide bonds. The third-order valence-electron chi connectivity index (χ3n) is 9.43. The number of fused-ring (bicyclic) bond motifs is 8. The molecular weight excluding hydrogens is 491 g/mol. The monoisotopic (exact) mass is 518 g/mol. The number of anilines is 5. The summed E-state index contributed by atoms with van der Waals surface area (Å²) >= 11 is 0. The first kappa shape index (κ1) is 21.2. The summed E-state index contributed by atoms with van der Waals surface area (Å²) in [6, 6.07) is 37.5. The van der Waals surface area contributed by atoms with Gasteiger partial charge in [0.15, 0.2) is 0 Å². The van der Waals surface area contributed by atoms with Crippen molar-refractivity contribution >= 4 is 84.6 Å². The Morgan fingerprint density at radius 3 is 2.29 bits per heavy atom. The third kappa shape index (κ3) is 2.40. The second-order valence-corrected chi connectivity index (χ2v) is 18.1. The van der Waals surface area contributed by atoms with Gasteiger partial charge in [-0.15, -0.1) is 0 Å². The Morgan fingerprint density at radius 1 is 0.658 bits per heavy atom. The van der Waals surface area contributed by atoms with Crippen molar-refractivity contribution in [1.29, 1.82) is 0 Å². The summed E-state index contributed by atoms with van der Waals surface area (Å²) in [5.41, 5.74) is 14.1. The van der Waals surface area contributed by atoms with Gasteiger partial charge in [0.05, 0.1) is 9.52 Å². The lowest BCUT2D eigenvalue weighted by atomic mass is 9.43. The fourth-order valence-corrected chi connectivity index (χ4v) is 12.8. The van der Waals surface area contributed by atoms with Crippen molar-refractivity contribution in [2.45, 2.75) is 20.0 Å². The summed E-state index contributed by atoms with van der Waals surface area (Å²) in [5, 5.41) is 6.22. The van der Waals surface area contributed by atoms with Gasteiger partial charge in [-0.3, -0.25) is 0 Å². The first-order chi connectivity index (χ1) is 18.5. The van der Waals surface area contributed by atoms with Gasteiger partial charge < -0.3 is 9.71 Å². The van der Waals surface area contributed by atoms with E-state index in [2.05, 4.69) is 127 Å². The highest BCUT2D eigenvalue weighted by Crippen LogP contribution is 2.47. The minimum absolute atomic E-state index is 0.172. The number of nitrogens with zero attached hydrogens (tertiary/aromatic N) is 2. The van der Waals surface area contributed by atoms with Gasteiger partial charge in [-0.05, 0) is 67.9 Å². The largest absolute Gasteiger partial charge is 0.377 e. The van der Waals surface area contributed by atoms with Crippen LogP contribution in [0.15, 0.2) is 97.1 Å². The van der Waals surface area contributed by atoms with Gasteiger partial charge in [-0.1, -0.05) is 92.0 Å². The molecule has 0 N–H and O–H groups in total. The van der Waals surface area contributed by atoms with Gasteiger partial charge in [0.25, 0.3) is 0 Å². The van der Waals surface area contributed by atoms with Gasteiger partial charge >= 0.3 is 6.85 Å². The second-order valence-electron chi connectivity index (χ2n) is 11.9. The van der Waals surface area contributed by atoms with Crippen molar-refractivity contribution < 1.29 is 0 Å². The zero-order valence-corrected chi connectivity index (χ0v) is 24.3. The molecule has 0 spiro atoms. The molecule has 5 aromatic carbocycles. The van der Waals surface area contributed by atoms with E-state index in [1.165, 1.54) is 61.2 Å². The van der Waals surface area contributed by atoms with Crippen LogP contribution in [0.3, 0.4) is 0 Å².